The molecule has 1 saturated heterocycles. The lowest BCUT2D eigenvalue weighted by Crippen LogP contribution is -2.43. The molecule has 5 nitrogen and oxygen atoms in total. The quantitative estimate of drug-likeness (QED) is 0.878. The molecule has 1 fully saturated rings. The van der Waals surface area contributed by atoms with Crippen molar-refractivity contribution in [2.24, 2.45) is 0 Å². The van der Waals surface area contributed by atoms with Crippen molar-refractivity contribution in [2.45, 2.75) is 18.4 Å². The molecule has 3 rings (SSSR count). The predicted molar refractivity (Wildman–Crippen MR) is 82.5 cm³/mol. The second-order valence-corrected chi connectivity index (χ2v) is 6.91. The van der Waals surface area contributed by atoms with Gasteiger partial charge in [0, 0.05) is 25.0 Å². The molecule has 1 amide bonds. The first-order valence-corrected chi connectivity index (χ1v) is 8.46. The number of aliphatic hydroxyl groups is 1. The predicted octanol–water partition coefficient (Wildman–Crippen LogP) is 1.68. The summed E-state index contributed by atoms with van der Waals surface area (Å²) in [4.78, 5) is 17.5. The van der Waals surface area contributed by atoms with Gasteiger partial charge in [0.1, 0.15) is 10.6 Å². The van der Waals surface area contributed by atoms with Crippen LogP contribution >= 0.6 is 22.7 Å². The first-order valence-electron chi connectivity index (χ1n) is 6.70. The van der Waals surface area contributed by atoms with E-state index in [4.69, 9.17) is 4.74 Å². The summed E-state index contributed by atoms with van der Waals surface area (Å²) >= 11 is 3.18. The first kappa shape index (κ1) is 14.6. The molecule has 0 aromatic carbocycles. The van der Waals surface area contributed by atoms with Gasteiger partial charge in [0.15, 0.2) is 0 Å². The molecule has 1 aliphatic rings. The molecule has 3 heterocycles. The summed E-state index contributed by atoms with van der Waals surface area (Å²) in [5.41, 5.74) is -0.157. The van der Waals surface area contributed by atoms with Crippen LogP contribution < -0.4 is 5.32 Å². The molecular weight excluding hydrogens is 308 g/mol. The zero-order valence-electron chi connectivity index (χ0n) is 11.4. The molecule has 0 radical (unpaired) electrons. The second kappa shape index (κ2) is 6.23. The van der Waals surface area contributed by atoms with Gasteiger partial charge in [0.25, 0.3) is 0 Å². The van der Waals surface area contributed by atoms with Crippen LogP contribution in [0.25, 0.3) is 9.88 Å². The third kappa shape index (κ3) is 3.68. The summed E-state index contributed by atoms with van der Waals surface area (Å²) in [6, 6.07) is 4.00. The van der Waals surface area contributed by atoms with Gasteiger partial charge in [-0.05, 0) is 11.4 Å². The average Bonchev–Trinajstić information content (AvgIpc) is 3.17. The van der Waals surface area contributed by atoms with Crippen LogP contribution in [-0.2, 0) is 16.0 Å². The summed E-state index contributed by atoms with van der Waals surface area (Å²) in [6.07, 6.45) is 0.797. The Bertz CT molecular complexity index is 604. The van der Waals surface area contributed by atoms with Crippen LogP contribution in [0.5, 0.6) is 0 Å². The van der Waals surface area contributed by atoms with Crippen LogP contribution in [0.2, 0.25) is 0 Å². The lowest BCUT2D eigenvalue weighted by molar-refractivity contribution is -0.121. The van der Waals surface area contributed by atoms with E-state index in [-0.39, 0.29) is 25.5 Å². The van der Waals surface area contributed by atoms with Gasteiger partial charge in [-0.15, -0.1) is 22.7 Å². The maximum atomic E-state index is 11.9. The molecule has 2 N–H and O–H groups in total. The Kier molecular flexibility index (Phi) is 4.34. The Morgan fingerprint density at radius 3 is 3.14 bits per heavy atom. The van der Waals surface area contributed by atoms with Gasteiger partial charge >= 0.3 is 0 Å². The Balaban J connectivity index is 1.53. The number of hydrogen-bond donors (Lipinski definition) is 2. The summed E-state index contributed by atoms with van der Waals surface area (Å²) in [5, 5.41) is 17.7. The van der Waals surface area contributed by atoms with Gasteiger partial charge in [-0.2, -0.15) is 0 Å². The zero-order valence-corrected chi connectivity index (χ0v) is 13.0. The van der Waals surface area contributed by atoms with E-state index in [1.165, 1.54) is 0 Å². The maximum Gasteiger partial charge on any atom is 0.226 e. The van der Waals surface area contributed by atoms with Gasteiger partial charge in [-0.3, -0.25) is 4.79 Å². The number of hydrogen-bond acceptors (Lipinski definition) is 6. The van der Waals surface area contributed by atoms with Crippen molar-refractivity contribution in [2.75, 3.05) is 19.8 Å². The molecule has 0 saturated carbocycles. The van der Waals surface area contributed by atoms with Crippen molar-refractivity contribution in [3.8, 4) is 9.88 Å². The van der Waals surface area contributed by atoms with Crippen molar-refractivity contribution >= 4 is 28.6 Å². The van der Waals surface area contributed by atoms with E-state index in [0.29, 0.717) is 13.0 Å². The van der Waals surface area contributed by atoms with Crippen LogP contribution in [-0.4, -0.2) is 41.4 Å². The fraction of sp³-hybridized carbons (Fsp3) is 0.429. The molecule has 112 valence electrons. The summed E-state index contributed by atoms with van der Waals surface area (Å²) in [7, 11) is 0. The average molecular weight is 324 g/mol. The Hall–Kier alpha value is -1.28. The highest BCUT2D eigenvalue weighted by Crippen LogP contribution is 2.27. The molecule has 1 unspecified atom stereocenters. The van der Waals surface area contributed by atoms with E-state index < -0.39 is 5.60 Å². The molecule has 0 spiro atoms. The van der Waals surface area contributed by atoms with E-state index in [9.17, 15) is 9.90 Å². The highest BCUT2D eigenvalue weighted by molar-refractivity contribution is 7.20. The standard InChI is InChI=1S/C14H16N2O3S2/c17-12(15-8-14(18)3-4-19-9-14)6-10-7-21-13(16-10)11-2-1-5-20-11/h1-2,5,7,18H,3-4,6,8-9H2,(H,15,17). The Morgan fingerprint density at radius 2 is 2.43 bits per heavy atom. The topological polar surface area (TPSA) is 71.5 Å². The van der Waals surface area contributed by atoms with Gasteiger partial charge in [-0.1, -0.05) is 6.07 Å². The number of rotatable bonds is 5. The van der Waals surface area contributed by atoms with Crippen LogP contribution in [0.15, 0.2) is 22.9 Å². The van der Waals surface area contributed by atoms with E-state index in [0.717, 1.165) is 15.6 Å². The molecule has 21 heavy (non-hydrogen) atoms. The minimum absolute atomic E-state index is 0.127. The number of nitrogens with zero attached hydrogens (tertiary/aromatic N) is 1. The summed E-state index contributed by atoms with van der Waals surface area (Å²) < 4.78 is 5.14. The molecular formula is C14H16N2O3S2. The van der Waals surface area contributed by atoms with Crippen LogP contribution in [0.3, 0.4) is 0 Å². The minimum Gasteiger partial charge on any atom is -0.386 e. The number of aromatic nitrogens is 1. The van der Waals surface area contributed by atoms with Crippen molar-refractivity contribution in [3.63, 3.8) is 0 Å². The van der Waals surface area contributed by atoms with Gasteiger partial charge < -0.3 is 15.2 Å². The minimum atomic E-state index is -0.917. The number of carbonyl (C=O) groups is 1. The molecule has 0 bridgehead atoms. The van der Waals surface area contributed by atoms with Gasteiger partial charge in [-0.25, -0.2) is 4.98 Å². The maximum absolute atomic E-state index is 11.9. The Morgan fingerprint density at radius 1 is 1.52 bits per heavy atom. The van der Waals surface area contributed by atoms with Crippen molar-refractivity contribution in [3.05, 3.63) is 28.6 Å². The van der Waals surface area contributed by atoms with Crippen LogP contribution in [0.1, 0.15) is 12.1 Å². The third-order valence-corrected chi connectivity index (χ3v) is 5.25. The van der Waals surface area contributed by atoms with E-state index in [1.807, 2.05) is 22.9 Å². The number of amides is 1. The highest BCUT2D eigenvalue weighted by Gasteiger charge is 2.32. The van der Waals surface area contributed by atoms with Crippen molar-refractivity contribution in [1.82, 2.24) is 10.3 Å². The lowest BCUT2D eigenvalue weighted by atomic mass is 10.0. The largest absolute Gasteiger partial charge is 0.386 e. The monoisotopic (exact) mass is 324 g/mol. The normalized spacial score (nSPS) is 21.6. The van der Waals surface area contributed by atoms with E-state index in [1.54, 1.807) is 22.7 Å². The van der Waals surface area contributed by atoms with Gasteiger partial charge in [0.2, 0.25) is 5.91 Å². The van der Waals surface area contributed by atoms with Crippen LogP contribution in [0.4, 0.5) is 0 Å². The molecule has 0 aliphatic carbocycles. The van der Waals surface area contributed by atoms with Crippen molar-refractivity contribution < 1.29 is 14.6 Å². The second-order valence-electron chi connectivity index (χ2n) is 5.10. The molecule has 2 aromatic rings. The lowest BCUT2D eigenvalue weighted by Gasteiger charge is -2.20. The van der Waals surface area contributed by atoms with E-state index >= 15 is 0 Å². The van der Waals surface area contributed by atoms with E-state index in [2.05, 4.69) is 10.3 Å². The molecule has 1 atom stereocenters. The fourth-order valence-electron chi connectivity index (χ4n) is 2.13. The fourth-order valence-corrected chi connectivity index (χ4v) is 3.76. The number of ether oxygens (including phenoxy) is 1. The van der Waals surface area contributed by atoms with Crippen molar-refractivity contribution in [1.29, 1.82) is 0 Å². The first-order chi connectivity index (χ1) is 10.1. The van der Waals surface area contributed by atoms with Crippen LogP contribution in [0, 0.1) is 0 Å². The number of thiazole rings is 1. The Labute approximate surface area is 130 Å². The van der Waals surface area contributed by atoms with Gasteiger partial charge in [0.05, 0.1) is 23.6 Å². The molecule has 1 aliphatic heterocycles. The highest BCUT2D eigenvalue weighted by atomic mass is 32.1. The number of carbonyl (C=O) groups excluding carboxylic acids is 1. The number of nitrogens with one attached hydrogen (secondary N) is 1. The zero-order chi connectivity index (χ0) is 14.7. The molecule has 7 heteroatoms. The SMILES string of the molecule is O=C(Cc1csc(-c2cccs2)n1)NCC1(O)CCOC1. The molecule has 2 aromatic heterocycles. The summed E-state index contributed by atoms with van der Waals surface area (Å²) in [6.45, 7) is 1.06. The number of thiophene rings is 1. The third-order valence-electron chi connectivity index (χ3n) is 3.32. The smallest absolute Gasteiger partial charge is 0.226 e. The summed E-state index contributed by atoms with van der Waals surface area (Å²) in [5.74, 6) is -0.127.